The van der Waals surface area contributed by atoms with Crippen molar-refractivity contribution in [3.63, 3.8) is 0 Å². The minimum Gasteiger partial charge on any atom is -0.508 e. The number of aryl methyl sites for hydroxylation is 1. The number of carbonyl (C=O) groups is 1. The number of hydrogen-bond donors (Lipinski definition) is 2. The van der Waals surface area contributed by atoms with E-state index in [0.717, 1.165) is 23.3 Å². The summed E-state index contributed by atoms with van der Waals surface area (Å²) in [6.07, 6.45) is 2.30. The first-order valence-electron chi connectivity index (χ1n) is 5.82. The number of alkyl halides is 1. The monoisotopic (exact) mass is 251 g/mol. The zero-order valence-corrected chi connectivity index (χ0v) is 10.8. The molecule has 2 N–H and O–H groups in total. The number of rotatable bonds is 4. The van der Waals surface area contributed by atoms with E-state index in [9.17, 15) is 14.3 Å². The van der Waals surface area contributed by atoms with Crippen LogP contribution >= 0.6 is 0 Å². The largest absolute Gasteiger partial charge is 0.508 e. The molecule has 0 aliphatic heterocycles. The molecule has 0 spiro atoms. The number of carbonyl (C=O) groups excluding carboxylic acids is 1. The molecule has 1 amide bonds. The molecule has 1 aromatic rings. The lowest BCUT2D eigenvalue weighted by Gasteiger charge is -2.13. The van der Waals surface area contributed by atoms with Gasteiger partial charge in [-0.1, -0.05) is 13.8 Å². The fourth-order valence-electron chi connectivity index (χ4n) is 1.63. The summed E-state index contributed by atoms with van der Waals surface area (Å²) < 4.78 is 11.9. The molecule has 1 aromatic carbocycles. The van der Waals surface area contributed by atoms with E-state index in [-0.39, 0.29) is 17.6 Å². The standard InChI is InChI=1S/C14H18FNO2/c1-9(2)11-8-12(10(3)7-13(11)17)16-14(18)5-4-6-15/h4-5,7-9,17H,6H2,1-3H3,(H,16,18)/b5-4+. The highest BCUT2D eigenvalue weighted by Gasteiger charge is 2.10. The molecule has 1 rings (SSSR count). The van der Waals surface area contributed by atoms with E-state index in [1.54, 1.807) is 19.1 Å². The Hall–Kier alpha value is -1.84. The fraction of sp³-hybridized carbons (Fsp3) is 0.357. The van der Waals surface area contributed by atoms with Crippen molar-refractivity contribution >= 4 is 11.6 Å². The minimum atomic E-state index is -0.667. The van der Waals surface area contributed by atoms with E-state index < -0.39 is 6.67 Å². The first kappa shape index (κ1) is 14.2. The normalized spacial score (nSPS) is 11.2. The lowest BCUT2D eigenvalue weighted by atomic mass is 9.99. The van der Waals surface area contributed by atoms with Crippen LogP contribution in [0, 0.1) is 6.92 Å². The molecular formula is C14H18FNO2. The first-order valence-corrected chi connectivity index (χ1v) is 5.82. The predicted octanol–water partition coefficient (Wildman–Crippen LogP) is 3.29. The molecule has 0 heterocycles. The summed E-state index contributed by atoms with van der Waals surface area (Å²) in [6, 6.07) is 3.36. The van der Waals surface area contributed by atoms with Crippen molar-refractivity contribution in [3.8, 4) is 5.75 Å². The van der Waals surface area contributed by atoms with Crippen LogP contribution in [0.15, 0.2) is 24.3 Å². The highest BCUT2D eigenvalue weighted by atomic mass is 19.1. The van der Waals surface area contributed by atoms with Crippen LogP contribution in [-0.2, 0) is 4.79 Å². The van der Waals surface area contributed by atoms with Crippen LogP contribution < -0.4 is 5.32 Å². The third kappa shape index (κ3) is 3.58. The number of nitrogens with one attached hydrogen (secondary N) is 1. The van der Waals surface area contributed by atoms with Gasteiger partial charge < -0.3 is 10.4 Å². The number of amides is 1. The fourth-order valence-corrected chi connectivity index (χ4v) is 1.63. The number of allylic oxidation sites excluding steroid dienone is 1. The molecule has 0 unspecified atom stereocenters. The quantitative estimate of drug-likeness (QED) is 0.637. The molecule has 4 heteroatoms. The molecule has 0 aromatic heterocycles. The number of phenolic OH excluding ortho intramolecular Hbond substituents is 1. The topological polar surface area (TPSA) is 49.3 Å². The van der Waals surface area contributed by atoms with Gasteiger partial charge >= 0.3 is 0 Å². The SMILES string of the molecule is Cc1cc(O)c(C(C)C)cc1NC(=O)/C=C/CF. The Kier molecular flexibility index (Phi) is 4.89. The number of anilines is 1. The summed E-state index contributed by atoms with van der Waals surface area (Å²) in [5.74, 6) is -0.00131. The van der Waals surface area contributed by atoms with Crippen LogP contribution in [0.4, 0.5) is 10.1 Å². The van der Waals surface area contributed by atoms with Crippen molar-refractivity contribution in [1.29, 1.82) is 0 Å². The van der Waals surface area contributed by atoms with Gasteiger partial charge in [0, 0.05) is 11.8 Å². The first-order chi connectivity index (χ1) is 8.45. The lowest BCUT2D eigenvalue weighted by Crippen LogP contribution is -2.09. The van der Waals surface area contributed by atoms with Gasteiger partial charge in [-0.3, -0.25) is 4.79 Å². The summed E-state index contributed by atoms with van der Waals surface area (Å²) >= 11 is 0. The van der Waals surface area contributed by atoms with E-state index in [1.807, 2.05) is 13.8 Å². The Bertz CT molecular complexity index is 467. The molecule has 18 heavy (non-hydrogen) atoms. The highest BCUT2D eigenvalue weighted by molar-refractivity contribution is 5.99. The second-order valence-corrected chi connectivity index (χ2v) is 4.43. The van der Waals surface area contributed by atoms with Crippen molar-refractivity contribution in [1.82, 2.24) is 0 Å². The third-order valence-corrected chi connectivity index (χ3v) is 2.61. The van der Waals surface area contributed by atoms with Crippen molar-refractivity contribution in [2.75, 3.05) is 12.0 Å². The van der Waals surface area contributed by atoms with Crippen LogP contribution in [0.2, 0.25) is 0 Å². The zero-order chi connectivity index (χ0) is 13.7. The Balaban J connectivity index is 2.99. The zero-order valence-electron chi connectivity index (χ0n) is 10.8. The third-order valence-electron chi connectivity index (χ3n) is 2.61. The van der Waals surface area contributed by atoms with Crippen LogP contribution in [0.5, 0.6) is 5.75 Å². The molecule has 0 atom stereocenters. The van der Waals surface area contributed by atoms with Gasteiger partial charge in [0.25, 0.3) is 0 Å². The molecule has 0 radical (unpaired) electrons. The summed E-state index contributed by atoms with van der Waals surface area (Å²) in [5.41, 5.74) is 2.16. The molecule has 0 saturated carbocycles. The Morgan fingerprint density at radius 2 is 2.17 bits per heavy atom. The molecule has 0 saturated heterocycles. The van der Waals surface area contributed by atoms with Crippen LogP contribution in [0.3, 0.4) is 0 Å². The van der Waals surface area contributed by atoms with Crippen molar-refractivity contribution in [2.24, 2.45) is 0 Å². The van der Waals surface area contributed by atoms with E-state index in [2.05, 4.69) is 5.32 Å². The van der Waals surface area contributed by atoms with E-state index in [1.165, 1.54) is 0 Å². The van der Waals surface area contributed by atoms with E-state index >= 15 is 0 Å². The van der Waals surface area contributed by atoms with Gasteiger partial charge in [-0.2, -0.15) is 0 Å². The molecule has 3 nitrogen and oxygen atoms in total. The number of phenols is 1. The molecular weight excluding hydrogens is 233 g/mol. The molecule has 98 valence electrons. The Morgan fingerprint density at radius 1 is 1.50 bits per heavy atom. The highest BCUT2D eigenvalue weighted by Crippen LogP contribution is 2.31. The number of hydrogen-bond acceptors (Lipinski definition) is 2. The van der Waals surface area contributed by atoms with Crippen LogP contribution in [-0.4, -0.2) is 17.7 Å². The summed E-state index contributed by atoms with van der Waals surface area (Å²) in [7, 11) is 0. The maximum atomic E-state index is 11.9. The summed E-state index contributed by atoms with van der Waals surface area (Å²) in [4.78, 5) is 11.5. The Morgan fingerprint density at radius 3 is 2.72 bits per heavy atom. The summed E-state index contributed by atoms with van der Waals surface area (Å²) in [6.45, 7) is 5.04. The smallest absolute Gasteiger partial charge is 0.248 e. The minimum absolute atomic E-state index is 0.155. The van der Waals surface area contributed by atoms with Crippen molar-refractivity contribution < 1.29 is 14.3 Å². The molecule has 0 bridgehead atoms. The number of halogens is 1. The number of aromatic hydroxyl groups is 1. The number of benzene rings is 1. The lowest BCUT2D eigenvalue weighted by molar-refractivity contribution is -0.111. The second-order valence-electron chi connectivity index (χ2n) is 4.43. The van der Waals surface area contributed by atoms with Crippen molar-refractivity contribution in [3.05, 3.63) is 35.4 Å². The van der Waals surface area contributed by atoms with Crippen LogP contribution in [0.25, 0.3) is 0 Å². The predicted molar refractivity (Wildman–Crippen MR) is 70.7 cm³/mol. The van der Waals surface area contributed by atoms with Gasteiger partial charge in [0.1, 0.15) is 12.4 Å². The van der Waals surface area contributed by atoms with Gasteiger partial charge in [-0.25, -0.2) is 4.39 Å². The van der Waals surface area contributed by atoms with Crippen LogP contribution in [0.1, 0.15) is 30.9 Å². The maximum absolute atomic E-state index is 11.9. The molecule has 0 fully saturated rings. The average Bonchev–Trinajstić information content (AvgIpc) is 2.29. The van der Waals surface area contributed by atoms with E-state index in [4.69, 9.17) is 0 Å². The molecule has 0 aliphatic carbocycles. The average molecular weight is 251 g/mol. The van der Waals surface area contributed by atoms with Gasteiger partial charge in [0.05, 0.1) is 0 Å². The van der Waals surface area contributed by atoms with Gasteiger partial charge in [-0.15, -0.1) is 0 Å². The molecule has 0 aliphatic rings. The Labute approximate surface area is 106 Å². The van der Waals surface area contributed by atoms with Crippen molar-refractivity contribution in [2.45, 2.75) is 26.7 Å². The summed E-state index contributed by atoms with van der Waals surface area (Å²) in [5, 5.41) is 12.4. The van der Waals surface area contributed by atoms with E-state index in [0.29, 0.717) is 5.69 Å². The van der Waals surface area contributed by atoms with Gasteiger partial charge in [0.2, 0.25) is 5.91 Å². The second kappa shape index (κ2) is 6.19. The maximum Gasteiger partial charge on any atom is 0.248 e. The van der Waals surface area contributed by atoms with Gasteiger partial charge in [-0.05, 0) is 42.2 Å². The van der Waals surface area contributed by atoms with Gasteiger partial charge in [0.15, 0.2) is 0 Å².